The summed E-state index contributed by atoms with van der Waals surface area (Å²) in [4.78, 5) is 1.17. The van der Waals surface area contributed by atoms with Gasteiger partial charge in [-0.3, -0.25) is 0 Å². The highest BCUT2D eigenvalue weighted by Gasteiger charge is 2.09. The molecule has 6 heteroatoms. The molecule has 0 radical (unpaired) electrons. The van der Waals surface area contributed by atoms with Crippen molar-refractivity contribution >= 4 is 11.3 Å². The molecule has 0 aliphatic heterocycles. The van der Waals surface area contributed by atoms with Crippen molar-refractivity contribution in [2.75, 3.05) is 40.5 Å². The van der Waals surface area contributed by atoms with Gasteiger partial charge < -0.3 is 24.6 Å². The lowest BCUT2D eigenvalue weighted by atomic mass is 10.3. The predicted molar refractivity (Wildman–Crippen MR) is 75.5 cm³/mol. The van der Waals surface area contributed by atoms with E-state index in [0.717, 1.165) is 0 Å². The van der Waals surface area contributed by atoms with Gasteiger partial charge in [-0.1, -0.05) is 6.07 Å². The summed E-state index contributed by atoms with van der Waals surface area (Å²) in [5.74, 6) is 0. The van der Waals surface area contributed by atoms with Crippen LogP contribution in [0.15, 0.2) is 17.5 Å². The van der Waals surface area contributed by atoms with E-state index in [2.05, 4.69) is 5.32 Å². The molecule has 0 amide bonds. The van der Waals surface area contributed by atoms with Crippen molar-refractivity contribution in [1.29, 1.82) is 0 Å². The molecular weight excluding hydrogens is 266 g/mol. The maximum atomic E-state index is 9.74. The highest BCUT2D eigenvalue weighted by molar-refractivity contribution is 7.09. The summed E-state index contributed by atoms with van der Waals surface area (Å²) in [6.07, 6.45) is -0.510. The third-order valence-corrected chi connectivity index (χ3v) is 3.42. The fraction of sp³-hybridized carbons (Fsp3) is 0.692. The second-order valence-electron chi connectivity index (χ2n) is 4.22. The van der Waals surface area contributed by atoms with Crippen molar-refractivity contribution in [1.82, 2.24) is 5.32 Å². The summed E-state index contributed by atoms with van der Waals surface area (Å²) >= 11 is 1.65. The van der Waals surface area contributed by atoms with Crippen LogP contribution in [0.2, 0.25) is 0 Å². The minimum Gasteiger partial charge on any atom is -0.389 e. The van der Waals surface area contributed by atoms with Gasteiger partial charge in [-0.25, -0.2) is 0 Å². The Morgan fingerprint density at radius 1 is 1.32 bits per heavy atom. The number of methoxy groups -OCH3 is 2. The molecule has 0 aromatic carbocycles. The molecular formula is C13H23NO4S. The Hall–Kier alpha value is -0.500. The Bertz CT molecular complexity index is 308. The van der Waals surface area contributed by atoms with Crippen LogP contribution in [0.25, 0.3) is 0 Å². The molecule has 110 valence electrons. The van der Waals surface area contributed by atoms with Crippen LogP contribution in [-0.4, -0.2) is 57.8 Å². The zero-order valence-electron chi connectivity index (χ0n) is 11.5. The first-order chi connectivity index (χ1) is 9.26. The fourth-order valence-electron chi connectivity index (χ4n) is 1.56. The first-order valence-corrected chi connectivity index (χ1v) is 7.14. The van der Waals surface area contributed by atoms with E-state index in [0.29, 0.717) is 32.9 Å². The number of aliphatic hydroxyl groups excluding tert-OH is 1. The fourth-order valence-corrected chi connectivity index (χ4v) is 2.20. The summed E-state index contributed by atoms with van der Waals surface area (Å²) in [6.45, 7) is 2.54. The largest absolute Gasteiger partial charge is 0.389 e. The van der Waals surface area contributed by atoms with Crippen molar-refractivity contribution in [3.8, 4) is 0 Å². The molecule has 2 unspecified atom stereocenters. The summed E-state index contributed by atoms with van der Waals surface area (Å²) in [6, 6.07) is 4.01. The minimum absolute atomic E-state index is 0.00392. The normalized spacial score (nSPS) is 14.5. The van der Waals surface area contributed by atoms with Gasteiger partial charge >= 0.3 is 0 Å². The van der Waals surface area contributed by atoms with Crippen LogP contribution in [0.4, 0.5) is 0 Å². The molecule has 2 N–H and O–H groups in total. The Morgan fingerprint density at radius 3 is 2.79 bits per heavy atom. The van der Waals surface area contributed by atoms with Crippen molar-refractivity contribution in [3.63, 3.8) is 0 Å². The van der Waals surface area contributed by atoms with E-state index in [9.17, 15) is 5.11 Å². The number of rotatable bonds is 11. The first-order valence-electron chi connectivity index (χ1n) is 6.27. The maximum Gasteiger partial charge on any atom is 0.0928 e. The van der Waals surface area contributed by atoms with Crippen LogP contribution in [0.3, 0.4) is 0 Å². The Balaban J connectivity index is 2.02. The van der Waals surface area contributed by atoms with Gasteiger partial charge in [-0.2, -0.15) is 0 Å². The second kappa shape index (κ2) is 10.3. The smallest absolute Gasteiger partial charge is 0.0928 e. The molecule has 1 aromatic heterocycles. The minimum atomic E-state index is -0.514. The van der Waals surface area contributed by atoms with Gasteiger partial charge in [-0.05, 0) is 11.4 Å². The SMILES string of the molecule is COCC(CNCC(O)COCc1cccs1)OC. The van der Waals surface area contributed by atoms with E-state index in [1.807, 2.05) is 17.5 Å². The van der Waals surface area contributed by atoms with Crippen molar-refractivity contribution < 1.29 is 19.3 Å². The molecule has 2 atom stereocenters. The standard InChI is InChI=1S/C13H23NO4S/c1-16-9-12(17-2)7-14-6-11(15)8-18-10-13-4-3-5-19-13/h3-5,11-12,14-15H,6-10H2,1-2H3. The van der Waals surface area contributed by atoms with Crippen LogP contribution in [0, 0.1) is 0 Å². The number of thiophene rings is 1. The molecule has 0 spiro atoms. The zero-order chi connectivity index (χ0) is 13.9. The van der Waals surface area contributed by atoms with E-state index in [-0.39, 0.29) is 6.10 Å². The van der Waals surface area contributed by atoms with E-state index < -0.39 is 6.10 Å². The third kappa shape index (κ3) is 7.61. The van der Waals surface area contributed by atoms with Gasteiger partial charge in [0.2, 0.25) is 0 Å². The van der Waals surface area contributed by atoms with E-state index >= 15 is 0 Å². The van der Waals surface area contributed by atoms with Crippen molar-refractivity contribution in [2.24, 2.45) is 0 Å². The number of aliphatic hydroxyl groups is 1. The lowest BCUT2D eigenvalue weighted by Gasteiger charge is -2.17. The molecule has 0 saturated heterocycles. The monoisotopic (exact) mass is 289 g/mol. The Kier molecular flexibility index (Phi) is 8.98. The van der Waals surface area contributed by atoms with Gasteiger partial charge in [0.05, 0.1) is 32.0 Å². The van der Waals surface area contributed by atoms with Crippen LogP contribution < -0.4 is 5.32 Å². The summed E-state index contributed by atoms with van der Waals surface area (Å²) in [7, 11) is 3.28. The predicted octanol–water partition coefficient (Wildman–Crippen LogP) is 0.877. The van der Waals surface area contributed by atoms with E-state index in [1.165, 1.54) is 4.88 Å². The molecule has 19 heavy (non-hydrogen) atoms. The van der Waals surface area contributed by atoms with Gasteiger partial charge in [0.15, 0.2) is 0 Å². The summed E-state index contributed by atoms with van der Waals surface area (Å²) < 4.78 is 15.6. The van der Waals surface area contributed by atoms with Gasteiger partial charge in [0.25, 0.3) is 0 Å². The molecule has 1 aromatic rings. The molecule has 0 aliphatic carbocycles. The molecule has 1 heterocycles. The Morgan fingerprint density at radius 2 is 2.16 bits per heavy atom. The van der Waals surface area contributed by atoms with Crippen molar-refractivity contribution in [3.05, 3.63) is 22.4 Å². The lowest BCUT2D eigenvalue weighted by molar-refractivity contribution is 0.0154. The molecule has 1 rings (SSSR count). The van der Waals surface area contributed by atoms with Gasteiger partial charge in [0, 0.05) is 32.2 Å². The highest BCUT2D eigenvalue weighted by atomic mass is 32.1. The average molecular weight is 289 g/mol. The van der Waals surface area contributed by atoms with Gasteiger partial charge in [-0.15, -0.1) is 11.3 Å². The number of ether oxygens (including phenoxy) is 3. The van der Waals surface area contributed by atoms with Crippen molar-refractivity contribution in [2.45, 2.75) is 18.8 Å². The zero-order valence-corrected chi connectivity index (χ0v) is 12.3. The van der Waals surface area contributed by atoms with Crippen LogP contribution in [0.5, 0.6) is 0 Å². The second-order valence-corrected chi connectivity index (χ2v) is 5.25. The van der Waals surface area contributed by atoms with Crippen LogP contribution in [-0.2, 0) is 20.8 Å². The number of hydrogen-bond donors (Lipinski definition) is 2. The van der Waals surface area contributed by atoms with Gasteiger partial charge in [0.1, 0.15) is 0 Å². The topological polar surface area (TPSA) is 60.0 Å². The number of hydrogen-bond acceptors (Lipinski definition) is 6. The lowest BCUT2D eigenvalue weighted by Crippen LogP contribution is -2.37. The summed E-state index contributed by atoms with van der Waals surface area (Å²) in [5, 5.41) is 14.9. The molecule has 0 fully saturated rings. The Labute approximate surface area is 118 Å². The van der Waals surface area contributed by atoms with E-state index in [4.69, 9.17) is 14.2 Å². The first kappa shape index (κ1) is 16.6. The van der Waals surface area contributed by atoms with Crippen LogP contribution in [0.1, 0.15) is 4.88 Å². The average Bonchev–Trinajstić information content (AvgIpc) is 2.91. The number of nitrogens with one attached hydrogen (secondary N) is 1. The third-order valence-electron chi connectivity index (χ3n) is 2.57. The molecule has 0 aliphatic rings. The molecule has 5 nitrogen and oxygen atoms in total. The highest BCUT2D eigenvalue weighted by Crippen LogP contribution is 2.09. The van der Waals surface area contributed by atoms with E-state index in [1.54, 1.807) is 25.6 Å². The maximum absolute atomic E-state index is 9.74. The molecule has 0 bridgehead atoms. The quantitative estimate of drug-likeness (QED) is 0.633. The molecule has 0 saturated carbocycles. The van der Waals surface area contributed by atoms with Crippen LogP contribution >= 0.6 is 11.3 Å². The summed E-state index contributed by atoms with van der Waals surface area (Å²) in [5.41, 5.74) is 0.